The van der Waals surface area contributed by atoms with Crippen molar-refractivity contribution in [1.29, 1.82) is 0 Å². The summed E-state index contributed by atoms with van der Waals surface area (Å²) in [5, 5.41) is 0. The average Bonchev–Trinajstić information content (AvgIpc) is 2.47. The topological polar surface area (TPSA) is 35.2 Å². The molecule has 0 unspecified atom stereocenters. The average molecular weight is 295 g/mol. The van der Waals surface area contributed by atoms with Crippen molar-refractivity contribution in [3.8, 4) is 5.75 Å². The zero-order valence-electron chi connectivity index (χ0n) is 11.4. The molecule has 2 aromatic rings. The molecule has 0 spiro atoms. The first kappa shape index (κ1) is 15.4. The molecule has 0 heterocycles. The molecular formula is C16H16F3NO. The van der Waals surface area contributed by atoms with Crippen LogP contribution < -0.4 is 10.5 Å². The molecule has 21 heavy (non-hydrogen) atoms. The SMILES string of the molecule is NCc1ccc(OCCc2ccccc2)c(C(F)(F)F)c1. The van der Waals surface area contributed by atoms with Crippen molar-refractivity contribution in [2.45, 2.75) is 19.1 Å². The highest BCUT2D eigenvalue weighted by atomic mass is 19.4. The lowest BCUT2D eigenvalue weighted by molar-refractivity contribution is -0.139. The second kappa shape index (κ2) is 6.63. The number of alkyl halides is 3. The highest BCUT2D eigenvalue weighted by Crippen LogP contribution is 2.36. The number of nitrogens with two attached hydrogens (primary N) is 1. The van der Waals surface area contributed by atoms with Gasteiger partial charge in [-0.2, -0.15) is 13.2 Å². The van der Waals surface area contributed by atoms with E-state index < -0.39 is 11.7 Å². The van der Waals surface area contributed by atoms with Gasteiger partial charge in [-0.25, -0.2) is 0 Å². The molecule has 0 aliphatic carbocycles. The minimum absolute atomic E-state index is 0.0629. The van der Waals surface area contributed by atoms with E-state index in [4.69, 9.17) is 10.5 Å². The van der Waals surface area contributed by atoms with Gasteiger partial charge in [-0.1, -0.05) is 36.4 Å². The van der Waals surface area contributed by atoms with Crippen molar-refractivity contribution in [1.82, 2.24) is 0 Å². The Morgan fingerprint density at radius 3 is 2.29 bits per heavy atom. The van der Waals surface area contributed by atoms with Crippen molar-refractivity contribution < 1.29 is 17.9 Å². The van der Waals surface area contributed by atoms with Gasteiger partial charge in [0.05, 0.1) is 12.2 Å². The van der Waals surface area contributed by atoms with Gasteiger partial charge in [0.15, 0.2) is 0 Å². The number of benzene rings is 2. The maximum absolute atomic E-state index is 13.0. The summed E-state index contributed by atoms with van der Waals surface area (Å²) in [6.07, 6.45) is -3.90. The maximum atomic E-state index is 13.0. The van der Waals surface area contributed by atoms with Crippen molar-refractivity contribution >= 4 is 0 Å². The molecule has 0 saturated carbocycles. The molecule has 0 bridgehead atoms. The molecule has 0 aliphatic rings. The molecule has 2 N–H and O–H groups in total. The Balaban J connectivity index is 2.09. The molecule has 0 radical (unpaired) electrons. The van der Waals surface area contributed by atoms with Crippen LogP contribution in [0.4, 0.5) is 13.2 Å². The fraction of sp³-hybridized carbons (Fsp3) is 0.250. The predicted molar refractivity (Wildman–Crippen MR) is 75.0 cm³/mol. The molecular weight excluding hydrogens is 279 g/mol. The summed E-state index contributed by atoms with van der Waals surface area (Å²) in [5.41, 5.74) is 6.05. The van der Waals surface area contributed by atoms with Crippen LogP contribution in [0.5, 0.6) is 5.75 Å². The highest BCUT2D eigenvalue weighted by Gasteiger charge is 2.34. The number of hydrogen-bond donors (Lipinski definition) is 1. The van der Waals surface area contributed by atoms with Crippen LogP contribution in [0, 0.1) is 0 Å². The second-order valence-electron chi connectivity index (χ2n) is 4.62. The summed E-state index contributed by atoms with van der Waals surface area (Å²) in [5.74, 6) is -0.157. The number of halogens is 3. The summed E-state index contributed by atoms with van der Waals surface area (Å²) in [4.78, 5) is 0. The smallest absolute Gasteiger partial charge is 0.419 e. The van der Waals surface area contributed by atoms with Crippen LogP contribution in [-0.4, -0.2) is 6.61 Å². The van der Waals surface area contributed by atoms with E-state index in [-0.39, 0.29) is 18.9 Å². The first-order valence-electron chi connectivity index (χ1n) is 6.57. The fourth-order valence-corrected chi connectivity index (χ4v) is 1.98. The summed E-state index contributed by atoms with van der Waals surface area (Å²) < 4.78 is 44.3. The zero-order valence-corrected chi connectivity index (χ0v) is 11.4. The molecule has 0 fully saturated rings. The number of rotatable bonds is 5. The van der Waals surface area contributed by atoms with Crippen LogP contribution in [0.15, 0.2) is 48.5 Å². The van der Waals surface area contributed by atoms with Gasteiger partial charge < -0.3 is 10.5 Å². The lowest BCUT2D eigenvalue weighted by Gasteiger charge is -2.15. The third-order valence-corrected chi connectivity index (χ3v) is 3.08. The molecule has 5 heteroatoms. The monoisotopic (exact) mass is 295 g/mol. The molecule has 0 atom stereocenters. The van der Waals surface area contributed by atoms with Crippen LogP contribution >= 0.6 is 0 Å². The standard InChI is InChI=1S/C16H16F3NO/c17-16(18,19)14-10-13(11-20)6-7-15(14)21-9-8-12-4-2-1-3-5-12/h1-7,10H,8-9,11,20H2. The minimum Gasteiger partial charge on any atom is -0.493 e. The molecule has 0 aliphatic heterocycles. The fourth-order valence-electron chi connectivity index (χ4n) is 1.98. The van der Waals surface area contributed by atoms with E-state index >= 15 is 0 Å². The van der Waals surface area contributed by atoms with Gasteiger partial charge in [-0.15, -0.1) is 0 Å². The molecule has 2 aromatic carbocycles. The van der Waals surface area contributed by atoms with Crippen LogP contribution in [0.25, 0.3) is 0 Å². The van der Waals surface area contributed by atoms with Crippen molar-refractivity contribution in [3.05, 3.63) is 65.2 Å². The number of ether oxygens (including phenoxy) is 1. The van der Waals surface area contributed by atoms with Crippen LogP contribution in [-0.2, 0) is 19.1 Å². The number of hydrogen-bond acceptors (Lipinski definition) is 2. The van der Waals surface area contributed by atoms with E-state index in [0.717, 1.165) is 11.6 Å². The summed E-state index contributed by atoms with van der Waals surface area (Å²) in [6.45, 7) is 0.252. The highest BCUT2D eigenvalue weighted by molar-refractivity contribution is 5.39. The first-order chi connectivity index (χ1) is 10.0. The van der Waals surface area contributed by atoms with E-state index in [2.05, 4.69) is 0 Å². The summed E-state index contributed by atoms with van der Waals surface area (Å²) in [6, 6.07) is 13.4. The molecule has 0 aromatic heterocycles. The Morgan fingerprint density at radius 2 is 1.67 bits per heavy atom. The van der Waals surface area contributed by atoms with Gasteiger partial charge in [0, 0.05) is 13.0 Å². The third kappa shape index (κ3) is 4.23. The second-order valence-corrected chi connectivity index (χ2v) is 4.62. The van der Waals surface area contributed by atoms with E-state index in [9.17, 15) is 13.2 Å². The quantitative estimate of drug-likeness (QED) is 0.911. The van der Waals surface area contributed by atoms with Crippen LogP contribution in [0.1, 0.15) is 16.7 Å². The van der Waals surface area contributed by atoms with Gasteiger partial charge in [0.25, 0.3) is 0 Å². The van der Waals surface area contributed by atoms with Crippen LogP contribution in [0.2, 0.25) is 0 Å². The Hall–Kier alpha value is -2.01. The van der Waals surface area contributed by atoms with E-state index in [1.807, 2.05) is 30.3 Å². The Morgan fingerprint density at radius 1 is 0.952 bits per heavy atom. The van der Waals surface area contributed by atoms with Gasteiger partial charge in [0.2, 0.25) is 0 Å². The molecule has 0 amide bonds. The molecule has 2 rings (SSSR count). The summed E-state index contributed by atoms with van der Waals surface area (Å²) in [7, 11) is 0. The van der Waals surface area contributed by atoms with Crippen molar-refractivity contribution in [2.24, 2.45) is 5.73 Å². The molecule has 0 saturated heterocycles. The normalized spacial score (nSPS) is 11.4. The first-order valence-corrected chi connectivity index (χ1v) is 6.57. The largest absolute Gasteiger partial charge is 0.493 e. The van der Waals surface area contributed by atoms with E-state index in [1.165, 1.54) is 6.07 Å². The molecule has 112 valence electrons. The molecule has 2 nitrogen and oxygen atoms in total. The lowest BCUT2D eigenvalue weighted by Crippen LogP contribution is -2.11. The summed E-state index contributed by atoms with van der Waals surface area (Å²) >= 11 is 0. The van der Waals surface area contributed by atoms with Crippen molar-refractivity contribution in [2.75, 3.05) is 6.61 Å². The van der Waals surface area contributed by atoms with Crippen molar-refractivity contribution in [3.63, 3.8) is 0 Å². The van der Waals surface area contributed by atoms with Gasteiger partial charge >= 0.3 is 6.18 Å². The van der Waals surface area contributed by atoms with Gasteiger partial charge in [-0.05, 0) is 23.3 Å². The Kier molecular flexibility index (Phi) is 4.85. The zero-order chi connectivity index (χ0) is 15.3. The van der Waals surface area contributed by atoms with Gasteiger partial charge in [0.1, 0.15) is 5.75 Å². The lowest BCUT2D eigenvalue weighted by atomic mass is 10.1. The third-order valence-electron chi connectivity index (χ3n) is 3.08. The van der Waals surface area contributed by atoms with Crippen LogP contribution in [0.3, 0.4) is 0 Å². The Labute approximate surface area is 121 Å². The predicted octanol–water partition coefficient (Wildman–Crippen LogP) is 3.79. The maximum Gasteiger partial charge on any atom is 0.419 e. The van der Waals surface area contributed by atoms with E-state index in [0.29, 0.717) is 12.0 Å². The minimum atomic E-state index is -4.45. The van der Waals surface area contributed by atoms with Gasteiger partial charge in [-0.3, -0.25) is 0 Å². The Bertz CT molecular complexity index is 582. The van der Waals surface area contributed by atoms with E-state index in [1.54, 1.807) is 6.07 Å².